The Bertz CT molecular complexity index is 752. The summed E-state index contributed by atoms with van der Waals surface area (Å²) >= 11 is 9.66. The van der Waals surface area contributed by atoms with E-state index < -0.39 is 0 Å². The van der Waals surface area contributed by atoms with Crippen molar-refractivity contribution in [3.8, 4) is 0 Å². The molecule has 0 spiro atoms. The molecule has 6 heteroatoms. The molecule has 1 aliphatic rings. The summed E-state index contributed by atoms with van der Waals surface area (Å²) < 4.78 is 0. The summed E-state index contributed by atoms with van der Waals surface area (Å²) in [4.78, 5) is 16.7. The van der Waals surface area contributed by atoms with Crippen molar-refractivity contribution < 1.29 is 4.79 Å². The van der Waals surface area contributed by atoms with Gasteiger partial charge >= 0.3 is 6.03 Å². The van der Waals surface area contributed by atoms with Crippen LogP contribution >= 0.6 is 35.1 Å². The molecule has 0 saturated heterocycles. The van der Waals surface area contributed by atoms with Crippen LogP contribution in [-0.2, 0) is 0 Å². The molecule has 2 aromatic carbocycles. The van der Waals surface area contributed by atoms with Gasteiger partial charge in [0.1, 0.15) is 0 Å². The van der Waals surface area contributed by atoms with Crippen molar-refractivity contribution in [2.45, 2.75) is 28.9 Å². The van der Waals surface area contributed by atoms with E-state index in [1.165, 1.54) is 0 Å². The molecule has 0 atom stereocenters. The number of thioether (sulfide) groups is 1. The summed E-state index contributed by atoms with van der Waals surface area (Å²) in [5.41, 5.74) is 1.73. The third-order valence-corrected chi connectivity index (χ3v) is 5.99. The van der Waals surface area contributed by atoms with Gasteiger partial charge in [0.15, 0.2) is 0 Å². The smallest absolute Gasteiger partial charge is 0.326 e. The van der Waals surface area contributed by atoms with Gasteiger partial charge in [-0.25, -0.2) is 4.79 Å². The van der Waals surface area contributed by atoms with Gasteiger partial charge in [-0.3, -0.25) is 4.90 Å². The third-order valence-electron chi connectivity index (χ3n) is 3.52. The number of carbonyl (C=O) groups excluding carboxylic acids is 1. The molecule has 0 fully saturated rings. The summed E-state index contributed by atoms with van der Waals surface area (Å²) in [6.07, 6.45) is 0. The van der Waals surface area contributed by atoms with Gasteiger partial charge in [0, 0.05) is 27.1 Å². The van der Waals surface area contributed by atoms with Crippen LogP contribution in [0.15, 0.2) is 52.3 Å². The van der Waals surface area contributed by atoms with Crippen LogP contribution in [0.4, 0.5) is 16.2 Å². The predicted octanol–water partition coefficient (Wildman–Crippen LogP) is 5.79. The van der Waals surface area contributed by atoms with Crippen LogP contribution in [0.1, 0.15) is 13.8 Å². The van der Waals surface area contributed by atoms with Crippen LogP contribution in [0.5, 0.6) is 0 Å². The summed E-state index contributed by atoms with van der Waals surface area (Å²) in [5.74, 6) is 0.899. The van der Waals surface area contributed by atoms with Crippen molar-refractivity contribution in [1.29, 1.82) is 0 Å². The molecule has 0 aliphatic carbocycles. The van der Waals surface area contributed by atoms with Crippen molar-refractivity contribution in [2.75, 3.05) is 17.2 Å². The van der Waals surface area contributed by atoms with E-state index in [-0.39, 0.29) is 6.03 Å². The van der Waals surface area contributed by atoms with Crippen LogP contribution in [-0.4, -0.2) is 23.6 Å². The van der Waals surface area contributed by atoms with E-state index >= 15 is 0 Å². The Balaban J connectivity index is 1.86. The topological polar surface area (TPSA) is 32.3 Å². The second kappa shape index (κ2) is 7.72. The quantitative estimate of drug-likeness (QED) is 0.683. The summed E-state index contributed by atoms with van der Waals surface area (Å²) in [7, 11) is 0. The third kappa shape index (κ3) is 3.85. The number of rotatable bonds is 4. The first-order valence-electron chi connectivity index (χ1n) is 7.82. The van der Waals surface area contributed by atoms with Crippen molar-refractivity contribution in [3.63, 3.8) is 0 Å². The zero-order valence-electron chi connectivity index (χ0n) is 13.6. The first-order valence-corrected chi connectivity index (χ1v) is 10.1. The van der Waals surface area contributed by atoms with E-state index in [0.717, 1.165) is 26.9 Å². The Morgan fingerprint density at radius 2 is 1.96 bits per heavy atom. The van der Waals surface area contributed by atoms with Crippen LogP contribution in [0.2, 0.25) is 5.02 Å². The number of nitrogens with one attached hydrogen (secondary N) is 1. The van der Waals surface area contributed by atoms with E-state index in [1.807, 2.05) is 54.2 Å². The number of benzene rings is 2. The normalized spacial score (nSPS) is 12.8. The average molecular weight is 379 g/mol. The second-order valence-corrected chi connectivity index (χ2v) is 8.87. The van der Waals surface area contributed by atoms with Crippen LogP contribution in [0.25, 0.3) is 0 Å². The number of hydrogen-bond acceptors (Lipinski definition) is 3. The molecule has 2 amide bonds. The van der Waals surface area contributed by atoms with Crippen LogP contribution in [0.3, 0.4) is 0 Å². The highest BCUT2D eigenvalue weighted by Crippen LogP contribution is 2.48. The molecule has 0 unspecified atom stereocenters. The predicted molar refractivity (Wildman–Crippen MR) is 105 cm³/mol. The number of nitrogens with zero attached hydrogens (tertiary/aromatic N) is 1. The Morgan fingerprint density at radius 1 is 1.21 bits per heavy atom. The van der Waals surface area contributed by atoms with Crippen molar-refractivity contribution >= 4 is 52.5 Å². The number of halogens is 1. The maximum atomic E-state index is 12.8. The molecule has 2 aromatic rings. The summed E-state index contributed by atoms with van der Waals surface area (Å²) in [6.45, 7) is 4.95. The van der Waals surface area contributed by atoms with E-state index in [1.54, 1.807) is 16.7 Å². The SMILES string of the molecule is CC(C)SCCNC(=O)N1c2ccccc2Sc2ccc(Cl)cc21. The number of urea groups is 1. The molecule has 0 saturated carbocycles. The summed E-state index contributed by atoms with van der Waals surface area (Å²) in [6, 6.07) is 13.5. The van der Waals surface area contributed by atoms with Gasteiger partial charge in [-0.15, -0.1) is 0 Å². The minimum atomic E-state index is -0.115. The first-order chi connectivity index (χ1) is 11.6. The van der Waals surface area contributed by atoms with Crippen LogP contribution < -0.4 is 10.2 Å². The van der Waals surface area contributed by atoms with Gasteiger partial charge in [-0.2, -0.15) is 11.8 Å². The lowest BCUT2D eigenvalue weighted by Crippen LogP contribution is -2.39. The van der Waals surface area contributed by atoms with E-state index in [4.69, 9.17) is 11.6 Å². The summed E-state index contributed by atoms with van der Waals surface area (Å²) in [5, 5.41) is 4.21. The number of amides is 2. The van der Waals surface area contributed by atoms with Gasteiger partial charge in [-0.05, 0) is 35.6 Å². The highest BCUT2D eigenvalue weighted by molar-refractivity contribution is 8.00. The lowest BCUT2D eigenvalue weighted by atomic mass is 10.2. The number of carbonyl (C=O) groups is 1. The standard InChI is InChI=1S/C18H19ClN2OS2/c1-12(2)23-10-9-20-18(22)21-14-5-3-4-6-16(14)24-17-8-7-13(19)11-15(17)21/h3-8,11-12H,9-10H2,1-2H3,(H,20,22). The van der Waals surface area contributed by atoms with Gasteiger partial charge in [0.2, 0.25) is 0 Å². The van der Waals surface area contributed by atoms with Gasteiger partial charge < -0.3 is 5.32 Å². The highest BCUT2D eigenvalue weighted by Gasteiger charge is 2.28. The Hall–Kier alpha value is -1.30. The fourth-order valence-electron chi connectivity index (χ4n) is 2.48. The molecule has 0 aromatic heterocycles. The highest BCUT2D eigenvalue weighted by atomic mass is 35.5. The zero-order valence-corrected chi connectivity index (χ0v) is 16.0. The Labute approximate surface area is 156 Å². The molecule has 0 bridgehead atoms. The number of para-hydroxylation sites is 1. The molecule has 126 valence electrons. The fourth-order valence-corrected chi connectivity index (χ4v) is 4.37. The zero-order chi connectivity index (χ0) is 17.1. The van der Waals surface area contributed by atoms with Crippen molar-refractivity contribution in [1.82, 2.24) is 5.32 Å². The van der Waals surface area contributed by atoms with E-state index in [2.05, 4.69) is 19.2 Å². The maximum Gasteiger partial charge on any atom is 0.326 e. The van der Waals surface area contributed by atoms with E-state index in [9.17, 15) is 4.79 Å². The van der Waals surface area contributed by atoms with E-state index in [0.29, 0.717) is 16.8 Å². The molecule has 3 rings (SSSR count). The second-order valence-electron chi connectivity index (χ2n) is 5.67. The first kappa shape index (κ1) is 17.5. The largest absolute Gasteiger partial charge is 0.337 e. The minimum Gasteiger partial charge on any atom is -0.337 e. The fraction of sp³-hybridized carbons (Fsp3) is 0.278. The molecule has 3 nitrogen and oxygen atoms in total. The van der Waals surface area contributed by atoms with Crippen molar-refractivity contribution in [2.24, 2.45) is 0 Å². The molecule has 1 heterocycles. The Morgan fingerprint density at radius 3 is 2.75 bits per heavy atom. The molecule has 0 radical (unpaired) electrons. The Kier molecular flexibility index (Phi) is 5.64. The molecule has 24 heavy (non-hydrogen) atoms. The number of fused-ring (bicyclic) bond motifs is 2. The molecular weight excluding hydrogens is 360 g/mol. The number of hydrogen-bond donors (Lipinski definition) is 1. The lowest BCUT2D eigenvalue weighted by Gasteiger charge is -2.31. The monoisotopic (exact) mass is 378 g/mol. The molecule has 1 aliphatic heterocycles. The average Bonchev–Trinajstić information content (AvgIpc) is 2.56. The van der Waals surface area contributed by atoms with Crippen LogP contribution in [0, 0.1) is 0 Å². The minimum absolute atomic E-state index is 0.115. The van der Waals surface area contributed by atoms with Gasteiger partial charge in [0.05, 0.1) is 11.4 Å². The molecular formula is C18H19ClN2OS2. The molecule has 1 N–H and O–H groups in total. The number of anilines is 2. The maximum absolute atomic E-state index is 12.8. The van der Waals surface area contributed by atoms with Crippen molar-refractivity contribution in [3.05, 3.63) is 47.5 Å². The van der Waals surface area contributed by atoms with Gasteiger partial charge in [-0.1, -0.05) is 49.3 Å². The van der Waals surface area contributed by atoms with Gasteiger partial charge in [0.25, 0.3) is 0 Å². The lowest BCUT2D eigenvalue weighted by molar-refractivity contribution is 0.249.